The second kappa shape index (κ2) is 10.7. The van der Waals surface area contributed by atoms with Crippen molar-refractivity contribution in [1.29, 1.82) is 0 Å². The lowest BCUT2D eigenvalue weighted by Gasteiger charge is -2.09. The Kier molecular flexibility index (Phi) is 7.73. The zero-order valence-electron chi connectivity index (χ0n) is 17.7. The minimum Gasteiger partial charge on any atom is -0.493 e. The van der Waals surface area contributed by atoms with E-state index in [1.54, 1.807) is 23.1 Å². The molecule has 0 saturated heterocycles. The van der Waals surface area contributed by atoms with Crippen LogP contribution >= 0.6 is 46.3 Å². The van der Waals surface area contributed by atoms with E-state index in [1.807, 2.05) is 61.0 Å². The van der Waals surface area contributed by atoms with Crippen molar-refractivity contribution in [2.45, 2.75) is 30.7 Å². The van der Waals surface area contributed by atoms with Gasteiger partial charge in [0.25, 0.3) is 0 Å². The van der Waals surface area contributed by atoms with E-state index in [1.165, 1.54) is 0 Å². The zero-order valence-corrected chi connectivity index (χ0v) is 20.9. The molecule has 32 heavy (non-hydrogen) atoms. The Morgan fingerprint density at radius 2 is 1.97 bits per heavy atom. The molecule has 9 heteroatoms. The third-order valence-electron chi connectivity index (χ3n) is 4.87. The Bertz CT molecular complexity index is 1210. The predicted octanol–water partition coefficient (Wildman–Crippen LogP) is 6.86. The Morgan fingerprint density at radius 3 is 2.78 bits per heavy atom. The first-order valence-corrected chi connectivity index (χ1v) is 12.7. The molecule has 0 fully saturated rings. The fourth-order valence-electron chi connectivity index (χ4n) is 3.15. The van der Waals surface area contributed by atoms with Crippen LogP contribution in [0.4, 0.5) is 0 Å². The number of thioether (sulfide) groups is 1. The maximum absolute atomic E-state index is 6.29. The molecule has 0 radical (unpaired) electrons. The normalized spacial score (nSPS) is 11.1. The summed E-state index contributed by atoms with van der Waals surface area (Å²) in [5.41, 5.74) is 3.01. The third kappa shape index (κ3) is 5.64. The van der Waals surface area contributed by atoms with E-state index < -0.39 is 0 Å². The van der Waals surface area contributed by atoms with Crippen molar-refractivity contribution in [3.05, 3.63) is 75.0 Å². The van der Waals surface area contributed by atoms with E-state index in [4.69, 9.17) is 32.9 Å². The highest BCUT2D eigenvalue weighted by Crippen LogP contribution is 2.31. The molecule has 2 aromatic carbocycles. The fourth-order valence-corrected chi connectivity index (χ4v) is 5.44. The number of halogens is 2. The Morgan fingerprint density at radius 1 is 1.12 bits per heavy atom. The Labute approximate surface area is 205 Å². The van der Waals surface area contributed by atoms with E-state index in [0.29, 0.717) is 11.6 Å². The molecule has 0 aliphatic heterocycles. The molecular formula is C23H22Cl2N4OS2. The van der Waals surface area contributed by atoms with E-state index in [2.05, 4.69) is 15.6 Å². The average molecular weight is 505 g/mol. The first kappa shape index (κ1) is 23.1. The molecule has 4 rings (SSSR count). The highest BCUT2D eigenvalue weighted by atomic mass is 35.5. The maximum Gasteiger partial charge on any atom is 0.191 e. The van der Waals surface area contributed by atoms with Gasteiger partial charge in [-0.1, -0.05) is 53.2 Å². The molecule has 4 aromatic rings. The van der Waals surface area contributed by atoms with E-state index in [9.17, 15) is 0 Å². The van der Waals surface area contributed by atoms with Gasteiger partial charge < -0.3 is 9.30 Å². The lowest BCUT2D eigenvalue weighted by molar-refractivity contribution is 0.307. The lowest BCUT2D eigenvalue weighted by Crippen LogP contribution is -2.04. The fraction of sp³-hybridized carbons (Fsp3) is 0.261. The molecular weight excluding hydrogens is 483 g/mol. The van der Waals surface area contributed by atoms with Crippen molar-refractivity contribution in [3.63, 3.8) is 0 Å². The van der Waals surface area contributed by atoms with E-state index >= 15 is 0 Å². The second-order valence-electron chi connectivity index (χ2n) is 7.23. The van der Waals surface area contributed by atoms with Crippen LogP contribution in [-0.2, 0) is 19.2 Å². The van der Waals surface area contributed by atoms with Crippen LogP contribution in [-0.4, -0.2) is 26.4 Å². The summed E-state index contributed by atoms with van der Waals surface area (Å²) in [6, 6.07) is 13.4. The van der Waals surface area contributed by atoms with Gasteiger partial charge in [0.2, 0.25) is 0 Å². The summed E-state index contributed by atoms with van der Waals surface area (Å²) in [5.74, 6) is 2.54. The van der Waals surface area contributed by atoms with Crippen LogP contribution in [0.25, 0.3) is 10.6 Å². The summed E-state index contributed by atoms with van der Waals surface area (Å²) < 4.78 is 7.92. The molecule has 0 atom stereocenters. The standard InChI is InChI=1S/C23H22Cl2N4OS2/c1-15-12-16(24)9-10-20(15)30-11-5-8-21-27-28-23(29(21)2)32-14-17-13-31-22(26-17)18-6-3-4-7-19(18)25/h3-4,6-7,9-10,12-13H,5,8,11,14H2,1-2H3. The summed E-state index contributed by atoms with van der Waals surface area (Å²) in [7, 11) is 2.00. The number of benzene rings is 2. The number of hydrogen-bond acceptors (Lipinski definition) is 6. The van der Waals surface area contributed by atoms with Crippen molar-refractivity contribution >= 4 is 46.3 Å². The molecule has 2 heterocycles. The maximum atomic E-state index is 6.29. The van der Waals surface area contributed by atoms with Gasteiger partial charge in [0.1, 0.15) is 16.6 Å². The average Bonchev–Trinajstić information content (AvgIpc) is 3.38. The van der Waals surface area contributed by atoms with Crippen LogP contribution in [0.5, 0.6) is 5.75 Å². The van der Waals surface area contributed by atoms with Crippen LogP contribution < -0.4 is 4.74 Å². The summed E-state index contributed by atoms with van der Waals surface area (Å²) in [5, 5.41) is 14.0. The summed E-state index contributed by atoms with van der Waals surface area (Å²) >= 11 is 15.5. The number of aromatic nitrogens is 4. The molecule has 0 aliphatic rings. The summed E-state index contributed by atoms with van der Waals surface area (Å²) in [6.45, 7) is 2.61. The number of nitrogens with zero attached hydrogens (tertiary/aromatic N) is 4. The highest BCUT2D eigenvalue weighted by molar-refractivity contribution is 7.98. The van der Waals surface area contributed by atoms with Crippen LogP contribution in [0, 0.1) is 6.92 Å². The number of thiazole rings is 1. The monoisotopic (exact) mass is 504 g/mol. The first-order chi connectivity index (χ1) is 15.5. The largest absolute Gasteiger partial charge is 0.493 e. The molecule has 0 spiro atoms. The highest BCUT2D eigenvalue weighted by Gasteiger charge is 2.12. The van der Waals surface area contributed by atoms with Crippen molar-refractivity contribution in [2.75, 3.05) is 6.61 Å². The van der Waals surface area contributed by atoms with Gasteiger partial charge in [-0.2, -0.15) is 0 Å². The Hall–Kier alpha value is -2.06. The van der Waals surface area contributed by atoms with Crippen molar-refractivity contribution < 1.29 is 4.74 Å². The van der Waals surface area contributed by atoms with E-state index in [0.717, 1.165) is 62.2 Å². The van der Waals surface area contributed by atoms with Crippen LogP contribution in [0.2, 0.25) is 10.0 Å². The van der Waals surface area contributed by atoms with Crippen molar-refractivity contribution in [1.82, 2.24) is 19.7 Å². The van der Waals surface area contributed by atoms with Crippen LogP contribution in [0.1, 0.15) is 23.5 Å². The molecule has 2 aromatic heterocycles. The second-order valence-corrected chi connectivity index (χ2v) is 9.88. The molecule has 0 unspecified atom stereocenters. The molecule has 0 N–H and O–H groups in total. The van der Waals surface area contributed by atoms with Gasteiger partial charge in [-0.15, -0.1) is 21.5 Å². The first-order valence-electron chi connectivity index (χ1n) is 10.1. The van der Waals surface area contributed by atoms with Crippen molar-refractivity contribution in [2.24, 2.45) is 7.05 Å². The van der Waals surface area contributed by atoms with Gasteiger partial charge in [0.05, 0.1) is 17.3 Å². The molecule has 0 saturated carbocycles. The number of hydrogen-bond donors (Lipinski definition) is 0. The number of rotatable bonds is 9. The Balaban J connectivity index is 1.28. The van der Waals surface area contributed by atoms with Crippen LogP contribution in [0.15, 0.2) is 53.0 Å². The van der Waals surface area contributed by atoms with Gasteiger partial charge in [-0.05, 0) is 43.2 Å². The molecule has 0 amide bonds. The molecule has 0 bridgehead atoms. The third-order valence-corrected chi connectivity index (χ3v) is 7.41. The van der Waals surface area contributed by atoms with E-state index in [-0.39, 0.29) is 0 Å². The van der Waals surface area contributed by atoms with Crippen molar-refractivity contribution in [3.8, 4) is 16.3 Å². The minimum absolute atomic E-state index is 0.613. The summed E-state index contributed by atoms with van der Waals surface area (Å²) in [6.07, 6.45) is 1.65. The van der Waals surface area contributed by atoms with Gasteiger partial charge in [0, 0.05) is 35.2 Å². The van der Waals surface area contributed by atoms with Gasteiger partial charge >= 0.3 is 0 Å². The van der Waals surface area contributed by atoms with Gasteiger partial charge in [0.15, 0.2) is 5.16 Å². The zero-order chi connectivity index (χ0) is 22.5. The summed E-state index contributed by atoms with van der Waals surface area (Å²) in [4.78, 5) is 4.73. The lowest BCUT2D eigenvalue weighted by atomic mass is 10.2. The molecule has 0 aliphatic carbocycles. The quantitative estimate of drug-likeness (QED) is 0.184. The number of aryl methyl sites for hydroxylation is 2. The molecule has 166 valence electrons. The van der Waals surface area contributed by atoms with Crippen LogP contribution in [0.3, 0.4) is 0 Å². The smallest absolute Gasteiger partial charge is 0.191 e. The van der Waals surface area contributed by atoms with Gasteiger partial charge in [-0.3, -0.25) is 0 Å². The van der Waals surface area contributed by atoms with Gasteiger partial charge in [-0.25, -0.2) is 4.98 Å². The predicted molar refractivity (Wildman–Crippen MR) is 133 cm³/mol. The minimum atomic E-state index is 0.613. The number of ether oxygens (including phenoxy) is 1. The SMILES string of the molecule is Cc1cc(Cl)ccc1OCCCc1nnc(SCc2csc(-c3ccccc3Cl)n2)n1C. The topological polar surface area (TPSA) is 52.8 Å². The molecule has 5 nitrogen and oxygen atoms in total.